The molecule has 2 saturated heterocycles. The number of nitrogens with one attached hydrogen (secondary N) is 2. The molecular weight excluding hydrogens is 942 g/mol. The predicted octanol–water partition coefficient (Wildman–Crippen LogP) is 9.25. The third-order valence-electron chi connectivity index (χ3n) is 12.8. The number of carbonyl (C=O) groups is 4. The maximum atomic E-state index is 15.9. The summed E-state index contributed by atoms with van der Waals surface area (Å²) in [5.41, 5.74) is 6.06. The van der Waals surface area contributed by atoms with E-state index >= 15 is 4.39 Å². The van der Waals surface area contributed by atoms with E-state index in [1.165, 1.54) is 20.8 Å². The molecule has 2 fully saturated rings. The molecule has 0 spiro atoms. The number of anilines is 2. The van der Waals surface area contributed by atoms with Crippen LogP contribution in [0, 0.1) is 31.7 Å². The monoisotopic (exact) mass is 1000 g/mol. The van der Waals surface area contributed by atoms with Gasteiger partial charge >= 0.3 is 0 Å². The maximum Gasteiger partial charge on any atom is 0.259 e. The Morgan fingerprint density at radius 3 is 2.28 bits per heavy atom. The van der Waals surface area contributed by atoms with E-state index in [0.29, 0.717) is 47.7 Å². The van der Waals surface area contributed by atoms with Gasteiger partial charge in [0.2, 0.25) is 17.7 Å². The highest BCUT2D eigenvalue weighted by Gasteiger charge is 2.51. The predicted molar refractivity (Wildman–Crippen MR) is 278 cm³/mol. The molecule has 71 heavy (non-hydrogen) atoms. The van der Waals surface area contributed by atoms with E-state index in [4.69, 9.17) is 28.3 Å². The number of ether oxygens (including phenoxy) is 2. The molecule has 0 bridgehead atoms. The number of hydrogen-bond acceptors (Lipinski definition) is 10. The number of rotatable bonds is 17. The number of thiocarbonyl (C=S) groups is 1. The third kappa shape index (κ3) is 11.6. The van der Waals surface area contributed by atoms with Crippen molar-refractivity contribution >= 4 is 69.4 Å². The molecule has 0 radical (unpaired) electrons. The summed E-state index contributed by atoms with van der Waals surface area (Å²) < 4.78 is 27.5. The van der Waals surface area contributed by atoms with Crippen LogP contribution in [0.4, 0.5) is 21.5 Å². The number of aromatic nitrogens is 1. The van der Waals surface area contributed by atoms with Gasteiger partial charge in [0.25, 0.3) is 5.91 Å². The van der Waals surface area contributed by atoms with E-state index in [9.17, 15) is 24.3 Å². The Hall–Kier alpha value is -6.58. The van der Waals surface area contributed by atoms with Crippen LogP contribution in [0.25, 0.3) is 26.4 Å². The van der Waals surface area contributed by atoms with Crippen LogP contribution in [-0.2, 0) is 23.9 Å². The van der Waals surface area contributed by atoms with E-state index in [2.05, 4.69) is 20.5 Å². The largest absolute Gasteiger partial charge is 0.494 e. The first-order chi connectivity index (χ1) is 33.7. The van der Waals surface area contributed by atoms with Crippen LogP contribution in [0.2, 0.25) is 0 Å². The second-order valence-electron chi connectivity index (χ2n) is 19.6. The Labute approximate surface area is 424 Å². The van der Waals surface area contributed by atoms with Crippen LogP contribution in [0.5, 0.6) is 5.75 Å². The van der Waals surface area contributed by atoms with Crippen LogP contribution in [0.1, 0.15) is 83.7 Å². The molecule has 3 N–H and O–H groups in total. The molecule has 0 unspecified atom stereocenters. The number of carbonyl (C=O) groups excluding carboxylic acids is 4. The van der Waals surface area contributed by atoms with Crippen molar-refractivity contribution in [2.45, 2.75) is 104 Å². The lowest BCUT2D eigenvalue weighted by molar-refractivity contribution is -0.144. The Morgan fingerprint density at radius 1 is 0.972 bits per heavy atom. The van der Waals surface area contributed by atoms with Gasteiger partial charge in [-0.3, -0.25) is 24.1 Å². The van der Waals surface area contributed by atoms with Crippen LogP contribution >= 0.6 is 23.6 Å². The van der Waals surface area contributed by atoms with Gasteiger partial charge in [-0.05, 0) is 129 Å². The molecular formula is C54H60FN7O7S2. The highest BCUT2D eigenvalue weighted by Crippen LogP contribution is 2.40. The number of aryl methyl sites for hydroxylation is 2. The molecule has 7 rings (SSSR count). The number of likely N-dealkylation sites (tertiary alicyclic amines) is 1. The summed E-state index contributed by atoms with van der Waals surface area (Å²) in [4.78, 5) is 67.7. The number of aliphatic hydroxyl groups excluding tert-OH is 1. The van der Waals surface area contributed by atoms with Crippen molar-refractivity contribution in [3.63, 3.8) is 0 Å². The zero-order valence-electron chi connectivity index (χ0n) is 41.2. The van der Waals surface area contributed by atoms with Crippen molar-refractivity contribution in [1.29, 1.82) is 0 Å². The lowest BCUT2D eigenvalue weighted by Crippen LogP contribution is -2.58. The van der Waals surface area contributed by atoms with Crippen molar-refractivity contribution in [3.05, 3.63) is 124 Å². The number of unbranched alkanes of at least 4 members (excludes halogenated alkanes) is 1. The highest BCUT2D eigenvalue weighted by atomic mass is 32.1. The Kier molecular flexibility index (Phi) is 16.1. The van der Waals surface area contributed by atoms with Gasteiger partial charge in [0.15, 0.2) is 10.8 Å². The van der Waals surface area contributed by atoms with Crippen LogP contribution < -0.4 is 25.2 Å². The average Bonchev–Trinajstić information content (AvgIpc) is 4.00. The molecule has 1 aromatic heterocycles. The van der Waals surface area contributed by atoms with E-state index in [0.717, 1.165) is 27.3 Å². The van der Waals surface area contributed by atoms with Gasteiger partial charge in [0.05, 0.1) is 47.1 Å². The number of thiazole rings is 1. The lowest BCUT2D eigenvalue weighted by Gasteiger charge is -2.35. The Morgan fingerprint density at radius 2 is 1.65 bits per heavy atom. The first kappa shape index (κ1) is 52.2. The second-order valence-corrected chi connectivity index (χ2v) is 20.8. The SMILES string of the molecule is [C-]#[N+]c1ccc(N2C(=O)C(C)(C)N(c3ccc(-c4ccc(OCCCCOCC(=O)N[C@H](C(=O)N5C[C@H](O)C[C@H]5C(=O)N[C@@H](C)c5ccc(-c6scnc6C)cc5)C(C)(C)C)cc4)cc3F)C2=S)cc1C. The molecule has 2 aliphatic heterocycles. The van der Waals surface area contributed by atoms with Crippen molar-refractivity contribution in [3.8, 4) is 27.3 Å². The standard InChI is InChI=1S/C54H60FN7O7S2/c1-32-26-39(19-22-43(32)56-9)61-51(67)54(7,8)62(52(61)70)44-23-18-38(27-42(44)55)36-16-20-41(21-17-36)69-25-11-10-24-68-30-46(64)59-48(53(4,5)6)50(66)60-29-40(63)28-45(60)49(65)58-33(2)35-12-14-37(15-13-35)47-34(3)57-31-71-47/h12-23,26-27,31,33,40,45,48,63H,10-11,24-25,28-30H2,1-8H3,(H,58,65)(H,59,64)/t33-,40+,45-,48+/m0/s1. The summed E-state index contributed by atoms with van der Waals surface area (Å²) in [6.45, 7) is 22.2. The van der Waals surface area contributed by atoms with Gasteiger partial charge in [-0.25, -0.2) is 14.2 Å². The van der Waals surface area contributed by atoms with Crippen LogP contribution in [0.15, 0.2) is 90.4 Å². The Balaban J connectivity index is 0.850. The molecule has 5 aromatic rings. The minimum Gasteiger partial charge on any atom is -0.494 e. The number of nitrogens with zero attached hydrogens (tertiary/aromatic N) is 5. The minimum absolute atomic E-state index is 0.0323. The lowest BCUT2D eigenvalue weighted by atomic mass is 9.85. The number of aliphatic hydroxyl groups is 1. The van der Waals surface area contributed by atoms with E-state index in [1.807, 2.05) is 76.5 Å². The number of halogens is 1. The summed E-state index contributed by atoms with van der Waals surface area (Å²) in [5, 5.41) is 16.6. The first-order valence-electron chi connectivity index (χ1n) is 23.6. The van der Waals surface area contributed by atoms with Gasteiger partial charge < -0.3 is 35.0 Å². The normalized spacial score (nSPS) is 17.5. The summed E-state index contributed by atoms with van der Waals surface area (Å²) >= 11 is 7.32. The second kappa shape index (κ2) is 21.8. The number of amides is 4. The molecule has 4 aromatic carbocycles. The molecule has 4 atom stereocenters. The molecule has 372 valence electrons. The van der Waals surface area contributed by atoms with Crippen molar-refractivity contribution < 1.29 is 38.1 Å². The van der Waals surface area contributed by atoms with Crippen molar-refractivity contribution in [1.82, 2.24) is 20.5 Å². The summed E-state index contributed by atoms with van der Waals surface area (Å²) in [6.07, 6.45) is 0.424. The molecule has 3 heterocycles. The van der Waals surface area contributed by atoms with Gasteiger partial charge in [0.1, 0.15) is 35.8 Å². The fourth-order valence-electron chi connectivity index (χ4n) is 8.82. The minimum atomic E-state index is -1.17. The Bertz CT molecular complexity index is 2840. The topological polar surface area (TPSA) is 158 Å². The average molecular weight is 1000 g/mol. The molecule has 0 saturated carbocycles. The zero-order valence-corrected chi connectivity index (χ0v) is 42.9. The molecule has 0 aliphatic carbocycles. The van der Waals surface area contributed by atoms with Gasteiger partial charge in [-0.15, -0.1) is 11.3 Å². The summed E-state index contributed by atoms with van der Waals surface area (Å²) in [7, 11) is 0. The molecule has 14 nitrogen and oxygen atoms in total. The van der Waals surface area contributed by atoms with Crippen molar-refractivity contribution in [2.75, 3.05) is 36.2 Å². The fourth-order valence-corrected chi connectivity index (χ4v) is 10.1. The summed E-state index contributed by atoms with van der Waals surface area (Å²) in [6, 6.07) is 22.8. The molecule has 4 amide bonds. The smallest absolute Gasteiger partial charge is 0.259 e. The maximum absolute atomic E-state index is 15.9. The fraction of sp³-hybridized carbons (Fsp3) is 0.389. The van der Waals surface area contributed by atoms with Crippen molar-refractivity contribution in [2.24, 2.45) is 5.41 Å². The molecule has 17 heteroatoms. The quantitative estimate of drug-likeness (QED) is 0.0466. The summed E-state index contributed by atoms with van der Waals surface area (Å²) in [5.74, 6) is -1.54. The van der Waals surface area contributed by atoms with Gasteiger partial charge in [-0.2, -0.15) is 0 Å². The van der Waals surface area contributed by atoms with E-state index < -0.39 is 46.8 Å². The van der Waals surface area contributed by atoms with Crippen LogP contribution in [0.3, 0.4) is 0 Å². The molecule has 2 aliphatic rings. The number of hydrogen-bond donors (Lipinski definition) is 3. The van der Waals surface area contributed by atoms with E-state index in [-0.39, 0.29) is 54.8 Å². The van der Waals surface area contributed by atoms with Gasteiger partial charge in [-0.1, -0.05) is 69.3 Å². The highest BCUT2D eigenvalue weighted by molar-refractivity contribution is 7.81. The zero-order chi connectivity index (χ0) is 51.4. The van der Waals surface area contributed by atoms with E-state index in [1.54, 1.807) is 74.6 Å². The number of β-amino-alcohol motifs (C(OH)–C–C–N with tert-alkyl or cyclic N) is 1. The third-order valence-corrected chi connectivity index (χ3v) is 14.2. The number of benzene rings is 4. The van der Waals surface area contributed by atoms with Crippen LogP contribution in [-0.4, -0.2) is 93.8 Å². The first-order valence-corrected chi connectivity index (χ1v) is 24.8. The van der Waals surface area contributed by atoms with Gasteiger partial charge in [0, 0.05) is 25.3 Å².